The summed E-state index contributed by atoms with van der Waals surface area (Å²) in [7, 11) is 2.19. The van der Waals surface area contributed by atoms with Gasteiger partial charge in [-0.1, -0.05) is 32.0 Å². The molecule has 0 aliphatic carbocycles. The van der Waals surface area contributed by atoms with E-state index in [0.29, 0.717) is 5.41 Å². The minimum atomic E-state index is 0.392. The summed E-state index contributed by atoms with van der Waals surface area (Å²) in [6.45, 7) is 5.86. The zero-order valence-electron chi connectivity index (χ0n) is 9.38. The van der Waals surface area contributed by atoms with E-state index in [9.17, 15) is 0 Å². The first-order chi connectivity index (χ1) is 6.67. The van der Waals surface area contributed by atoms with E-state index < -0.39 is 0 Å². The Labute approximate surface area is 86.7 Å². The van der Waals surface area contributed by atoms with Crippen molar-refractivity contribution in [2.45, 2.75) is 32.1 Å². The number of benzene rings is 1. The van der Waals surface area contributed by atoms with E-state index in [1.54, 1.807) is 0 Å². The molecule has 1 aliphatic heterocycles. The molecule has 0 N–H and O–H groups in total. The summed E-state index contributed by atoms with van der Waals surface area (Å²) in [6.07, 6.45) is 2.51. The van der Waals surface area contributed by atoms with Gasteiger partial charge in [0.2, 0.25) is 0 Å². The molecule has 1 heteroatoms. The van der Waals surface area contributed by atoms with Gasteiger partial charge in [-0.15, -0.1) is 0 Å². The predicted octanol–water partition coefficient (Wildman–Crippen LogP) is 3.19. The van der Waals surface area contributed by atoms with E-state index in [-0.39, 0.29) is 0 Å². The van der Waals surface area contributed by atoms with Crippen molar-refractivity contribution in [3.05, 3.63) is 29.8 Å². The normalized spacial score (nSPS) is 26.1. The lowest BCUT2D eigenvalue weighted by Crippen LogP contribution is -2.36. The summed E-state index contributed by atoms with van der Waals surface area (Å²) in [5, 5.41) is 0. The summed E-state index contributed by atoms with van der Waals surface area (Å²) in [4.78, 5) is 2.37. The number of hydrogen-bond donors (Lipinski definition) is 0. The van der Waals surface area contributed by atoms with E-state index >= 15 is 0 Å². The summed E-state index contributed by atoms with van der Waals surface area (Å²) >= 11 is 0. The van der Waals surface area contributed by atoms with Crippen LogP contribution in [0.15, 0.2) is 24.3 Å². The van der Waals surface area contributed by atoms with Crippen LogP contribution in [0.2, 0.25) is 0 Å². The van der Waals surface area contributed by atoms with Crippen LogP contribution in [0, 0.1) is 0 Å². The lowest BCUT2D eigenvalue weighted by Gasteiger charge is -2.40. The molecule has 1 aromatic rings. The van der Waals surface area contributed by atoms with Gasteiger partial charge in [0.05, 0.1) is 0 Å². The number of rotatable bonds is 1. The minimum absolute atomic E-state index is 0.392. The summed E-state index contributed by atoms with van der Waals surface area (Å²) in [5.41, 5.74) is 3.34. The lowest BCUT2D eigenvalue weighted by atomic mass is 9.74. The van der Waals surface area contributed by atoms with Gasteiger partial charge in [0.1, 0.15) is 0 Å². The third kappa shape index (κ3) is 1.31. The fraction of sp³-hybridized carbons (Fsp3) is 0.538. The van der Waals surface area contributed by atoms with Gasteiger partial charge < -0.3 is 4.90 Å². The van der Waals surface area contributed by atoms with Crippen LogP contribution in [0.4, 0.5) is 5.69 Å². The van der Waals surface area contributed by atoms with Crippen LogP contribution in [0.25, 0.3) is 0 Å². The number of para-hydroxylation sites is 1. The highest BCUT2D eigenvalue weighted by Gasteiger charge is 2.31. The average molecular weight is 189 g/mol. The molecule has 1 heterocycles. The molecule has 1 aromatic carbocycles. The first-order valence-corrected chi connectivity index (χ1v) is 5.48. The quantitative estimate of drug-likeness (QED) is 0.655. The average Bonchev–Trinajstić information content (AvgIpc) is 2.24. The molecule has 76 valence electrons. The lowest BCUT2D eigenvalue weighted by molar-refractivity contribution is 0.406. The molecule has 1 aliphatic rings. The fourth-order valence-electron chi connectivity index (χ4n) is 2.35. The van der Waals surface area contributed by atoms with E-state index in [0.717, 1.165) is 0 Å². The maximum Gasteiger partial charge on any atom is 0.0401 e. The highest BCUT2D eigenvalue weighted by molar-refractivity contribution is 5.58. The Morgan fingerprint density at radius 1 is 1.36 bits per heavy atom. The van der Waals surface area contributed by atoms with Crippen LogP contribution in [0.1, 0.15) is 32.3 Å². The van der Waals surface area contributed by atoms with Gasteiger partial charge >= 0.3 is 0 Å². The van der Waals surface area contributed by atoms with Crippen LogP contribution in [-0.2, 0) is 5.41 Å². The minimum Gasteiger partial charge on any atom is -0.374 e. The molecule has 1 nitrogen and oxygen atoms in total. The van der Waals surface area contributed by atoms with Gasteiger partial charge in [0.25, 0.3) is 0 Å². The van der Waals surface area contributed by atoms with Crippen molar-refractivity contribution in [3.8, 4) is 0 Å². The Morgan fingerprint density at radius 2 is 2.07 bits per heavy atom. The van der Waals surface area contributed by atoms with Crippen molar-refractivity contribution in [2.24, 2.45) is 0 Å². The molecular formula is C13H19N. The Morgan fingerprint density at radius 3 is 2.79 bits per heavy atom. The Kier molecular flexibility index (Phi) is 2.26. The van der Waals surface area contributed by atoms with E-state index in [1.807, 2.05) is 0 Å². The summed E-state index contributed by atoms with van der Waals surface area (Å²) in [6, 6.07) is 8.82. The van der Waals surface area contributed by atoms with Crippen LogP contribution < -0.4 is 4.90 Å². The van der Waals surface area contributed by atoms with Crippen LogP contribution >= 0.6 is 0 Å². The first-order valence-electron chi connectivity index (χ1n) is 5.48. The Bertz CT molecular complexity index is 332. The summed E-state index contributed by atoms with van der Waals surface area (Å²) < 4.78 is 0. The Hall–Kier alpha value is -0.980. The third-order valence-electron chi connectivity index (χ3n) is 3.74. The number of nitrogens with zero attached hydrogens (tertiary/aromatic N) is 1. The van der Waals surface area contributed by atoms with Crippen LogP contribution in [0.5, 0.6) is 0 Å². The van der Waals surface area contributed by atoms with Gasteiger partial charge in [0.15, 0.2) is 0 Å². The van der Waals surface area contributed by atoms with Gasteiger partial charge in [-0.05, 0) is 29.9 Å². The first kappa shape index (κ1) is 9.57. The molecular weight excluding hydrogens is 170 g/mol. The second-order valence-corrected chi connectivity index (χ2v) is 4.60. The molecule has 0 bridgehead atoms. The largest absolute Gasteiger partial charge is 0.374 e. The highest BCUT2D eigenvalue weighted by Crippen LogP contribution is 2.40. The highest BCUT2D eigenvalue weighted by atomic mass is 15.1. The van der Waals surface area contributed by atoms with Crippen LogP contribution in [0.3, 0.4) is 0 Å². The number of hydrogen-bond acceptors (Lipinski definition) is 1. The van der Waals surface area contributed by atoms with Crippen LogP contribution in [-0.4, -0.2) is 13.6 Å². The van der Waals surface area contributed by atoms with Gasteiger partial charge in [-0.25, -0.2) is 0 Å². The molecule has 0 fully saturated rings. The second-order valence-electron chi connectivity index (χ2n) is 4.60. The maximum atomic E-state index is 2.39. The SMILES string of the molecule is CC[C@@]1(C)CCN(C)c2ccccc21. The van der Waals surface area contributed by atoms with Crippen molar-refractivity contribution < 1.29 is 0 Å². The molecule has 0 saturated carbocycles. The van der Waals surface area contributed by atoms with Gasteiger partial charge in [0, 0.05) is 19.3 Å². The summed E-state index contributed by atoms with van der Waals surface area (Å²) in [5.74, 6) is 0. The van der Waals surface area contributed by atoms with Crippen molar-refractivity contribution in [1.82, 2.24) is 0 Å². The molecule has 0 aromatic heterocycles. The number of anilines is 1. The second kappa shape index (κ2) is 3.30. The van der Waals surface area contributed by atoms with E-state index in [4.69, 9.17) is 0 Å². The van der Waals surface area contributed by atoms with Crippen molar-refractivity contribution in [2.75, 3.05) is 18.5 Å². The smallest absolute Gasteiger partial charge is 0.0401 e. The zero-order chi connectivity index (χ0) is 10.2. The fourth-order valence-corrected chi connectivity index (χ4v) is 2.35. The molecule has 14 heavy (non-hydrogen) atoms. The predicted molar refractivity (Wildman–Crippen MR) is 62.0 cm³/mol. The molecule has 0 saturated heterocycles. The molecule has 0 spiro atoms. The van der Waals surface area contributed by atoms with Crippen molar-refractivity contribution in [3.63, 3.8) is 0 Å². The third-order valence-corrected chi connectivity index (χ3v) is 3.74. The monoisotopic (exact) mass is 189 g/mol. The molecule has 2 rings (SSSR count). The molecule has 1 atom stereocenters. The van der Waals surface area contributed by atoms with E-state index in [2.05, 4.69) is 50.1 Å². The number of fused-ring (bicyclic) bond motifs is 1. The standard InChI is InChI=1S/C13H19N/c1-4-13(2)9-10-14(3)12-8-6-5-7-11(12)13/h5-8H,4,9-10H2,1-3H3/t13-/m0/s1. The Balaban J connectivity index is 2.52. The zero-order valence-corrected chi connectivity index (χ0v) is 9.38. The van der Waals surface area contributed by atoms with Gasteiger partial charge in [-0.2, -0.15) is 0 Å². The van der Waals surface area contributed by atoms with Gasteiger partial charge in [-0.3, -0.25) is 0 Å². The van der Waals surface area contributed by atoms with Crippen molar-refractivity contribution >= 4 is 5.69 Å². The molecule has 0 amide bonds. The molecule has 0 radical (unpaired) electrons. The maximum absolute atomic E-state index is 2.39. The van der Waals surface area contributed by atoms with Crippen molar-refractivity contribution in [1.29, 1.82) is 0 Å². The molecule has 0 unspecified atom stereocenters. The van der Waals surface area contributed by atoms with E-state index in [1.165, 1.54) is 30.6 Å². The topological polar surface area (TPSA) is 3.24 Å².